The second-order valence-electron chi connectivity index (χ2n) is 8.34. The molecular formula is C25H23Br2FN4O3. The summed E-state index contributed by atoms with van der Waals surface area (Å²) in [6.07, 6.45) is 0. The first-order valence-corrected chi connectivity index (χ1v) is 12.6. The fourth-order valence-electron chi connectivity index (χ4n) is 4.05. The zero-order valence-electron chi connectivity index (χ0n) is 18.7. The molecule has 0 bridgehead atoms. The van der Waals surface area contributed by atoms with Crippen LogP contribution in [0.2, 0.25) is 0 Å². The molecule has 1 saturated heterocycles. The molecule has 0 atom stereocenters. The number of halogens is 3. The minimum absolute atomic E-state index is 0.0625. The zero-order valence-corrected chi connectivity index (χ0v) is 21.9. The first-order chi connectivity index (χ1) is 16.8. The number of nitro groups is 1. The van der Waals surface area contributed by atoms with E-state index in [0.717, 1.165) is 54.9 Å². The van der Waals surface area contributed by atoms with Crippen LogP contribution in [0.3, 0.4) is 0 Å². The molecule has 3 aromatic rings. The lowest BCUT2D eigenvalue weighted by Crippen LogP contribution is -2.45. The van der Waals surface area contributed by atoms with E-state index in [1.807, 2.05) is 18.2 Å². The van der Waals surface area contributed by atoms with Gasteiger partial charge in [0.2, 0.25) is 0 Å². The molecule has 35 heavy (non-hydrogen) atoms. The average molecular weight is 606 g/mol. The maximum Gasteiger partial charge on any atom is 0.287 e. The second kappa shape index (κ2) is 11.4. The third kappa shape index (κ3) is 6.52. The number of carbonyl (C=O) groups is 1. The molecule has 0 spiro atoms. The number of hydrogen-bond donors (Lipinski definition) is 1. The monoisotopic (exact) mass is 604 g/mol. The van der Waals surface area contributed by atoms with E-state index in [4.69, 9.17) is 0 Å². The third-order valence-corrected chi connectivity index (χ3v) is 7.21. The smallest absolute Gasteiger partial charge is 0.287 e. The lowest BCUT2D eigenvalue weighted by molar-refractivity contribution is -0.385. The Morgan fingerprint density at radius 3 is 2.29 bits per heavy atom. The summed E-state index contributed by atoms with van der Waals surface area (Å²) in [6.45, 7) is 5.20. The Morgan fingerprint density at radius 2 is 1.63 bits per heavy atom. The van der Waals surface area contributed by atoms with Gasteiger partial charge in [0, 0.05) is 49.4 Å². The van der Waals surface area contributed by atoms with Crippen LogP contribution in [0.15, 0.2) is 69.6 Å². The van der Waals surface area contributed by atoms with Crippen LogP contribution in [-0.4, -0.2) is 46.8 Å². The Hall–Kier alpha value is -2.66. The minimum Gasteiger partial charge on any atom is -0.322 e. The number of nitrogens with one attached hydrogen (secondary N) is 1. The molecule has 1 amide bonds. The largest absolute Gasteiger partial charge is 0.322 e. The highest BCUT2D eigenvalue weighted by Gasteiger charge is 2.23. The van der Waals surface area contributed by atoms with Crippen LogP contribution in [0.5, 0.6) is 0 Å². The van der Waals surface area contributed by atoms with Crippen molar-refractivity contribution in [2.24, 2.45) is 0 Å². The Morgan fingerprint density at radius 1 is 0.971 bits per heavy atom. The fraction of sp³-hybridized carbons (Fsp3) is 0.240. The summed E-state index contributed by atoms with van der Waals surface area (Å²) in [6, 6.07) is 17.8. The maximum absolute atomic E-state index is 14.0. The molecule has 0 aromatic heterocycles. The molecule has 1 fully saturated rings. The lowest BCUT2D eigenvalue weighted by atomic mass is 10.1. The molecule has 7 nitrogen and oxygen atoms in total. The molecule has 0 saturated carbocycles. The molecule has 4 rings (SSSR count). The molecular weight excluding hydrogens is 583 g/mol. The summed E-state index contributed by atoms with van der Waals surface area (Å²) >= 11 is 6.51. The number of hydrogen-bond acceptors (Lipinski definition) is 5. The van der Waals surface area contributed by atoms with Gasteiger partial charge in [0.15, 0.2) is 0 Å². The molecule has 1 aliphatic rings. The Bertz CT molecular complexity index is 1230. The predicted octanol–water partition coefficient (Wildman–Crippen LogP) is 5.83. The van der Waals surface area contributed by atoms with Gasteiger partial charge in [-0.15, -0.1) is 0 Å². The van der Waals surface area contributed by atoms with Gasteiger partial charge in [-0.05, 0) is 45.3 Å². The number of nitro benzene ring substituents is 1. The molecule has 182 valence electrons. The van der Waals surface area contributed by atoms with Gasteiger partial charge in [0.25, 0.3) is 11.6 Å². The van der Waals surface area contributed by atoms with E-state index in [-0.39, 0.29) is 10.0 Å². The van der Waals surface area contributed by atoms with Crippen LogP contribution >= 0.6 is 31.9 Å². The van der Waals surface area contributed by atoms with Crippen LogP contribution in [0.4, 0.5) is 15.8 Å². The normalized spacial score (nSPS) is 14.6. The van der Waals surface area contributed by atoms with Crippen molar-refractivity contribution in [2.45, 2.75) is 13.1 Å². The maximum atomic E-state index is 14.0. The van der Waals surface area contributed by atoms with Crippen molar-refractivity contribution >= 4 is 49.1 Å². The molecule has 1 heterocycles. The van der Waals surface area contributed by atoms with Crippen LogP contribution < -0.4 is 5.32 Å². The SMILES string of the molecule is O=C(Nc1cc(Br)ccc1CN1CCN(Cc2ccccc2)CC1)c1cc(F)cc([N+](=O)[O-])c1Br. The van der Waals surface area contributed by atoms with E-state index in [9.17, 15) is 19.3 Å². The molecule has 0 radical (unpaired) electrons. The topological polar surface area (TPSA) is 78.7 Å². The van der Waals surface area contributed by atoms with Crippen molar-refractivity contribution in [3.63, 3.8) is 0 Å². The number of nitrogens with zero attached hydrogens (tertiary/aromatic N) is 3. The minimum atomic E-state index is -0.854. The summed E-state index contributed by atoms with van der Waals surface area (Å²) in [5.74, 6) is -1.49. The highest BCUT2D eigenvalue weighted by molar-refractivity contribution is 9.11. The van der Waals surface area contributed by atoms with Crippen LogP contribution in [0, 0.1) is 15.9 Å². The standard InChI is InChI=1S/C25H23Br2FN4O3/c26-19-7-6-18(16-31-10-8-30(9-11-31)15-17-4-2-1-3-5-17)22(12-19)29-25(33)21-13-20(28)14-23(24(21)27)32(34)35/h1-7,12-14H,8-11,15-16H2,(H,29,33). The fourth-order valence-corrected chi connectivity index (χ4v) is 4.97. The predicted molar refractivity (Wildman–Crippen MR) is 140 cm³/mol. The third-order valence-electron chi connectivity index (χ3n) is 5.89. The van der Waals surface area contributed by atoms with E-state index >= 15 is 0 Å². The van der Waals surface area contributed by atoms with Gasteiger partial charge in [-0.25, -0.2) is 4.39 Å². The van der Waals surface area contributed by atoms with Crippen molar-refractivity contribution in [1.82, 2.24) is 9.80 Å². The van der Waals surface area contributed by atoms with E-state index in [2.05, 4.69) is 71.2 Å². The summed E-state index contributed by atoms with van der Waals surface area (Å²) in [5, 5.41) is 14.0. The van der Waals surface area contributed by atoms with Gasteiger partial charge in [-0.2, -0.15) is 0 Å². The van der Waals surface area contributed by atoms with Gasteiger partial charge in [-0.1, -0.05) is 52.3 Å². The molecule has 0 unspecified atom stereocenters. The highest BCUT2D eigenvalue weighted by atomic mass is 79.9. The van der Waals surface area contributed by atoms with E-state index in [0.29, 0.717) is 12.2 Å². The molecule has 1 aliphatic heterocycles. The molecule has 10 heteroatoms. The Balaban J connectivity index is 1.45. The van der Waals surface area contributed by atoms with Crippen molar-refractivity contribution in [3.05, 3.63) is 102 Å². The summed E-state index contributed by atoms with van der Waals surface area (Å²) in [4.78, 5) is 28.2. The lowest BCUT2D eigenvalue weighted by Gasteiger charge is -2.35. The quantitative estimate of drug-likeness (QED) is 0.271. The number of anilines is 1. The van der Waals surface area contributed by atoms with Gasteiger partial charge in [-0.3, -0.25) is 24.7 Å². The molecule has 3 aromatic carbocycles. The van der Waals surface area contributed by atoms with Crippen molar-refractivity contribution in [1.29, 1.82) is 0 Å². The van der Waals surface area contributed by atoms with Gasteiger partial charge in [0.1, 0.15) is 10.3 Å². The zero-order chi connectivity index (χ0) is 24.9. The van der Waals surface area contributed by atoms with E-state index in [1.54, 1.807) is 6.07 Å². The number of amides is 1. The van der Waals surface area contributed by atoms with Gasteiger partial charge >= 0.3 is 0 Å². The summed E-state index contributed by atoms with van der Waals surface area (Å²) in [7, 11) is 0. The van der Waals surface area contributed by atoms with E-state index < -0.39 is 22.3 Å². The molecule has 0 aliphatic carbocycles. The van der Waals surface area contributed by atoms with Crippen molar-refractivity contribution in [3.8, 4) is 0 Å². The number of benzene rings is 3. The summed E-state index contributed by atoms with van der Waals surface area (Å²) in [5.41, 5.74) is 2.12. The Kier molecular flexibility index (Phi) is 8.27. The Labute approximate surface area is 219 Å². The van der Waals surface area contributed by atoms with Crippen molar-refractivity contribution < 1.29 is 14.1 Å². The number of rotatable bonds is 7. The van der Waals surface area contributed by atoms with Crippen LogP contribution in [0.25, 0.3) is 0 Å². The molecule has 1 N–H and O–H groups in total. The first kappa shape index (κ1) is 25.4. The number of piperazine rings is 1. The van der Waals surface area contributed by atoms with E-state index in [1.165, 1.54) is 5.56 Å². The van der Waals surface area contributed by atoms with Crippen molar-refractivity contribution in [2.75, 3.05) is 31.5 Å². The highest BCUT2D eigenvalue weighted by Crippen LogP contribution is 2.31. The average Bonchev–Trinajstić information content (AvgIpc) is 2.83. The van der Waals surface area contributed by atoms with Gasteiger partial charge in [0.05, 0.1) is 16.6 Å². The van der Waals surface area contributed by atoms with Gasteiger partial charge < -0.3 is 5.32 Å². The van der Waals surface area contributed by atoms with Crippen LogP contribution in [-0.2, 0) is 13.1 Å². The summed E-state index contributed by atoms with van der Waals surface area (Å²) < 4.78 is 14.7. The van der Waals surface area contributed by atoms with Crippen LogP contribution in [0.1, 0.15) is 21.5 Å². The first-order valence-electron chi connectivity index (χ1n) is 11.0. The second-order valence-corrected chi connectivity index (χ2v) is 10.0. The number of carbonyl (C=O) groups excluding carboxylic acids is 1.